The summed E-state index contributed by atoms with van der Waals surface area (Å²) in [5.41, 5.74) is 0. The van der Waals surface area contributed by atoms with Crippen LogP contribution < -0.4 is 0 Å². The van der Waals surface area contributed by atoms with Gasteiger partial charge in [0.25, 0.3) is 0 Å². The number of carboxylic acid groups (broad SMARTS) is 1. The van der Waals surface area contributed by atoms with Crippen molar-refractivity contribution in [3.63, 3.8) is 0 Å². The summed E-state index contributed by atoms with van der Waals surface area (Å²) in [4.78, 5) is 10.2. The summed E-state index contributed by atoms with van der Waals surface area (Å²) in [6.07, 6.45) is 4.09. The van der Waals surface area contributed by atoms with E-state index >= 15 is 0 Å². The molecule has 0 saturated carbocycles. The van der Waals surface area contributed by atoms with Gasteiger partial charge in [0, 0.05) is 5.92 Å². The molecule has 1 rings (SSSR count). The number of carboxylic acids is 1. The summed E-state index contributed by atoms with van der Waals surface area (Å²) in [6.45, 7) is 0. The first-order valence-corrected chi connectivity index (χ1v) is 3.29. The van der Waals surface area contributed by atoms with E-state index in [0.29, 0.717) is 0 Å². The fraction of sp³-hybridized carbons (Fsp3) is 0.571. The van der Waals surface area contributed by atoms with Gasteiger partial charge in [-0.15, -0.1) is 0 Å². The Bertz CT molecular complexity index is 162. The normalized spacial score (nSPS) is 26.7. The molecule has 0 amide bonds. The predicted octanol–water partition coefficient (Wildman–Crippen LogP) is 0.398. The number of carbonyl (C=O) groups is 1. The molecule has 2 unspecified atom stereocenters. The minimum absolute atomic E-state index is 0.169. The summed E-state index contributed by atoms with van der Waals surface area (Å²) in [5, 5.41) is 17.3. The van der Waals surface area contributed by atoms with Crippen LogP contribution in [0.4, 0.5) is 0 Å². The van der Waals surface area contributed by atoms with Crippen molar-refractivity contribution in [2.24, 2.45) is 5.92 Å². The Balaban J connectivity index is 2.48. The van der Waals surface area contributed by atoms with E-state index in [9.17, 15) is 4.79 Å². The monoisotopic (exact) mass is 142 g/mol. The lowest BCUT2D eigenvalue weighted by molar-refractivity contribution is -0.148. The summed E-state index contributed by atoms with van der Waals surface area (Å²) in [7, 11) is 0. The van der Waals surface area contributed by atoms with Crippen molar-refractivity contribution in [3.05, 3.63) is 12.2 Å². The zero-order valence-electron chi connectivity index (χ0n) is 5.53. The zero-order chi connectivity index (χ0) is 7.56. The fourth-order valence-corrected chi connectivity index (χ4v) is 1.10. The van der Waals surface area contributed by atoms with Crippen molar-refractivity contribution in [1.29, 1.82) is 0 Å². The Morgan fingerprint density at radius 3 is 2.80 bits per heavy atom. The van der Waals surface area contributed by atoms with Crippen LogP contribution in [-0.4, -0.2) is 22.3 Å². The summed E-state index contributed by atoms with van der Waals surface area (Å²) >= 11 is 0. The van der Waals surface area contributed by atoms with Crippen LogP contribution in [0.2, 0.25) is 0 Å². The van der Waals surface area contributed by atoms with Crippen molar-refractivity contribution in [3.8, 4) is 0 Å². The molecule has 0 heterocycles. The van der Waals surface area contributed by atoms with Gasteiger partial charge >= 0.3 is 5.97 Å². The molecule has 10 heavy (non-hydrogen) atoms. The number of allylic oxidation sites excluding steroid dienone is 1. The highest BCUT2D eigenvalue weighted by Gasteiger charge is 2.24. The first-order valence-electron chi connectivity index (χ1n) is 3.29. The number of aliphatic carboxylic acids is 1. The second-order valence-corrected chi connectivity index (χ2v) is 2.45. The van der Waals surface area contributed by atoms with E-state index in [1.54, 1.807) is 6.08 Å². The maximum atomic E-state index is 10.2. The molecule has 0 radical (unpaired) electrons. The zero-order valence-corrected chi connectivity index (χ0v) is 5.53. The third-order valence-electron chi connectivity index (χ3n) is 1.71. The maximum Gasteiger partial charge on any atom is 0.333 e. The second-order valence-electron chi connectivity index (χ2n) is 2.45. The van der Waals surface area contributed by atoms with Gasteiger partial charge in [0.15, 0.2) is 6.10 Å². The van der Waals surface area contributed by atoms with E-state index in [1.165, 1.54) is 0 Å². The molecule has 3 nitrogen and oxygen atoms in total. The summed E-state index contributed by atoms with van der Waals surface area (Å²) in [5.74, 6) is -1.30. The average molecular weight is 142 g/mol. The molecule has 56 valence electrons. The van der Waals surface area contributed by atoms with Crippen LogP contribution in [0.25, 0.3) is 0 Å². The first kappa shape index (κ1) is 7.28. The molecular formula is C7H10O3. The molecule has 0 bridgehead atoms. The minimum Gasteiger partial charge on any atom is -0.479 e. The molecule has 0 aromatic heterocycles. The lowest BCUT2D eigenvalue weighted by Crippen LogP contribution is -2.26. The number of hydrogen-bond donors (Lipinski definition) is 2. The van der Waals surface area contributed by atoms with E-state index in [4.69, 9.17) is 10.2 Å². The third kappa shape index (κ3) is 1.36. The van der Waals surface area contributed by atoms with Gasteiger partial charge in [-0.25, -0.2) is 4.79 Å². The van der Waals surface area contributed by atoms with Crippen molar-refractivity contribution < 1.29 is 15.0 Å². The first-order chi connectivity index (χ1) is 4.72. The smallest absolute Gasteiger partial charge is 0.333 e. The van der Waals surface area contributed by atoms with Crippen molar-refractivity contribution in [2.45, 2.75) is 18.9 Å². The molecule has 0 saturated heterocycles. The second kappa shape index (κ2) is 2.84. The van der Waals surface area contributed by atoms with Crippen LogP contribution in [0.5, 0.6) is 0 Å². The highest BCUT2D eigenvalue weighted by atomic mass is 16.4. The van der Waals surface area contributed by atoms with Crippen molar-refractivity contribution in [1.82, 2.24) is 0 Å². The van der Waals surface area contributed by atoms with Gasteiger partial charge in [-0.1, -0.05) is 12.2 Å². The number of rotatable bonds is 2. The van der Waals surface area contributed by atoms with Gasteiger partial charge in [0.1, 0.15) is 0 Å². The Hall–Kier alpha value is -0.830. The molecular weight excluding hydrogens is 132 g/mol. The average Bonchev–Trinajstić information content (AvgIpc) is 2.36. The Morgan fingerprint density at radius 2 is 2.40 bits per heavy atom. The quantitative estimate of drug-likeness (QED) is 0.548. The van der Waals surface area contributed by atoms with Gasteiger partial charge in [-0.2, -0.15) is 0 Å². The van der Waals surface area contributed by atoms with Crippen LogP contribution in [0, 0.1) is 5.92 Å². The van der Waals surface area contributed by atoms with E-state index in [1.807, 2.05) is 6.08 Å². The summed E-state index contributed by atoms with van der Waals surface area (Å²) < 4.78 is 0. The molecule has 1 aliphatic carbocycles. The largest absolute Gasteiger partial charge is 0.479 e. The van der Waals surface area contributed by atoms with E-state index in [2.05, 4.69) is 0 Å². The predicted molar refractivity (Wildman–Crippen MR) is 35.5 cm³/mol. The minimum atomic E-state index is -1.21. The number of hydrogen-bond acceptors (Lipinski definition) is 2. The lowest BCUT2D eigenvalue weighted by Gasteiger charge is -2.10. The molecule has 1 aliphatic rings. The van der Waals surface area contributed by atoms with E-state index in [-0.39, 0.29) is 5.92 Å². The van der Waals surface area contributed by atoms with Crippen molar-refractivity contribution >= 4 is 5.97 Å². The fourth-order valence-electron chi connectivity index (χ4n) is 1.10. The van der Waals surface area contributed by atoms with E-state index in [0.717, 1.165) is 12.8 Å². The van der Waals surface area contributed by atoms with Gasteiger partial charge < -0.3 is 10.2 Å². The molecule has 2 atom stereocenters. The maximum absolute atomic E-state index is 10.2. The van der Waals surface area contributed by atoms with Crippen LogP contribution in [-0.2, 0) is 4.79 Å². The van der Waals surface area contributed by atoms with E-state index < -0.39 is 12.1 Å². The molecule has 0 aliphatic heterocycles. The summed E-state index contributed by atoms with van der Waals surface area (Å²) in [6, 6.07) is 0. The van der Waals surface area contributed by atoms with Crippen LogP contribution in [0.1, 0.15) is 12.8 Å². The molecule has 0 aromatic rings. The van der Waals surface area contributed by atoms with Crippen molar-refractivity contribution in [2.75, 3.05) is 0 Å². The SMILES string of the molecule is O=C(O)C(O)C1C=CCC1. The topological polar surface area (TPSA) is 57.5 Å². The Labute approximate surface area is 59.0 Å². The molecule has 0 aromatic carbocycles. The molecule has 2 N–H and O–H groups in total. The standard InChI is InChI=1S/C7H10O3/c8-6(7(9)10)5-3-1-2-4-5/h1,3,5-6,8H,2,4H2,(H,9,10). The third-order valence-corrected chi connectivity index (χ3v) is 1.71. The number of aliphatic hydroxyl groups excluding tert-OH is 1. The van der Waals surface area contributed by atoms with Crippen LogP contribution >= 0.6 is 0 Å². The van der Waals surface area contributed by atoms with Gasteiger partial charge in [-0.05, 0) is 12.8 Å². The number of aliphatic hydroxyl groups is 1. The Kier molecular flexibility index (Phi) is 2.06. The highest BCUT2D eigenvalue weighted by Crippen LogP contribution is 2.20. The van der Waals surface area contributed by atoms with Gasteiger partial charge in [0.05, 0.1) is 0 Å². The molecule has 0 spiro atoms. The van der Waals surface area contributed by atoms with Crippen LogP contribution in [0.3, 0.4) is 0 Å². The Morgan fingerprint density at radius 1 is 1.70 bits per heavy atom. The molecule has 0 fully saturated rings. The van der Waals surface area contributed by atoms with Crippen LogP contribution in [0.15, 0.2) is 12.2 Å². The highest BCUT2D eigenvalue weighted by molar-refractivity contribution is 5.72. The lowest BCUT2D eigenvalue weighted by atomic mass is 10.0. The van der Waals surface area contributed by atoms with Gasteiger partial charge in [-0.3, -0.25) is 0 Å². The van der Waals surface area contributed by atoms with Gasteiger partial charge in [0.2, 0.25) is 0 Å². The molecule has 3 heteroatoms.